The molecule has 0 aromatic carbocycles. The van der Waals surface area contributed by atoms with Crippen molar-refractivity contribution in [2.75, 3.05) is 6.61 Å². The van der Waals surface area contributed by atoms with E-state index in [4.69, 9.17) is 5.11 Å². The van der Waals surface area contributed by atoms with Gasteiger partial charge in [0.05, 0.1) is 17.9 Å². The Hall–Kier alpha value is -1.36. The molecule has 2 N–H and O–H groups in total. The molecule has 0 fully saturated rings. The molecular formula is C10H17N3O2. The number of aliphatic hydroxyl groups excluding tert-OH is 1. The Balaban J connectivity index is 2.91. The van der Waals surface area contributed by atoms with Crippen LogP contribution in [-0.4, -0.2) is 33.4 Å². The molecule has 0 aliphatic carbocycles. The van der Waals surface area contributed by atoms with Crippen molar-refractivity contribution in [1.82, 2.24) is 15.1 Å². The average molecular weight is 211 g/mol. The third-order valence-corrected chi connectivity index (χ3v) is 2.39. The van der Waals surface area contributed by atoms with E-state index >= 15 is 0 Å². The van der Waals surface area contributed by atoms with Gasteiger partial charge in [0.1, 0.15) is 0 Å². The van der Waals surface area contributed by atoms with Crippen LogP contribution >= 0.6 is 0 Å². The van der Waals surface area contributed by atoms with E-state index in [9.17, 15) is 4.79 Å². The Morgan fingerprint density at radius 2 is 2.20 bits per heavy atom. The van der Waals surface area contributed by atoms with Gasteiger partial charge in [-0.05, 0) is 20.8 Å². The minimum absolute atomic E-state index is 0.0654. The van der Waals surface area contributed by atoms with Crippen LogP contribution in [0.1, 0.15) is 28.7 Å². The summed E-state index contributed by atoms with van der Waals surface area (Å²) < 4.78 is 1.67. The number of hydrogen-bond donors (Lipinski definition) is 2. The van der Waals surface area contributed by atoms with Crippen LogP contribution in [0.2, 0.25) is 0 Å². The molecule has 15 heavy (non-hydrogen) atoms. The highest BCUT2D eigenvalue weighted by Crippen LogP contribution is 2.11. The Morgan fingerprint density at radius 1 is 1.60 bits per heavy atom. The highest BCUT2D eigenvalue weighted by Gasteiger charge is 2.18. The summed E-state index contributed by atoms with van der Waals surface area (Å²) in [4.78, 5) is 11.8. The van der Waals surface area contributed by atoms with Crippen LogP contribution in [-0.2, 0) is 7.05 Å². The number of carbonyl (C=O) groups excluding carboxylic acids is 1. The summed E-state index contributed by atoms with van der Waals surface area (Å²) in [6.07, 6.45) is 0. The summed E-state index contributed by atoms with van der Waals surface area (Å²) in [5.41, 5.74) is 2.13. The molecule has 0 radical (unpaired) electrons. The fourth-order valence-electron chi connectivity index (χ4n) is 1.44. The summed E-state index contributed by atoms with van der Waals surface area (Å²) in [7, 11) is 1.80. The molecular weight excluding hydrogens is 194 g/mol. The molecule has 1 rings (SSSR count). The minimum Gasteiger partial charge on any atom is -0.394 e. The first-order valence-electron chi connectivity index (χ1n) is 4.89. The van der Waals surface area contributed by atoms with Gasteiger partial charge in [0.25, 0.3) is 5.91 Å². The molecule has 0 saturated carbocycles. The number of rotatable bonds is 3. The van der Waals surface area contributed by atoms with E-state index in [0.29, 0.717) is 11.3 Å². The second kappa shape index (κ2) is 4.44. The second-order valence-corrected chi connectivity index (χ2v) is 3.73. The van der Waals surface area contributed by atoms with Crippen molar-refractivity contribution < 1.29 is 9.90 Å². The standard InChI is InChI=1S/C10H17N3O2/c1-6(5-14)11-10(15)9-7(2)12-13(4)8(9)3/h6,14H,5H2,1-4H3,(H,11,15)/t6-/m0/s1. The van der Waals surface area contributed by atoms with Gasteiger partial charge in [-0.2, -0.15) is 5.10 Å². The van der Waals surface area contributed by atoms with Crippen molar-refractivity contribution in [2.24, 2.45) is 7.05 Å². The van der Waals surface area contributed by atoms with Crippen molar-refractivity contribution in [3.05, 3.63) is 17.0 Å². The lowest BCUT2D eigenvalue weighted by atomic mass is 10.1. The maximum atomic E-state index is 11.8. The summed E-state index contributed by atoms with van der Waals surface area (Å²) in [6.45, 7) is 5.33. The predicted molar refractivity (Wildman–Crippen MR) is 56.7 cm³/mol. The predicted octanol–water partition coefficient (Wildman–Crippen LogP) is 0.148. The summed E-state index contributed by atoms with van der Waals surface area (Å²) in [6, 6.07) is -0.239. The molecule has 1 aromatic rings. The van der Waals surface area contributed by atoms with Gasteiger partial charge >= 0.3 is 0 Å². The number of amides is 1. The molecule has 0 unspecified atom stereocenters. The van der Waals surface area contributed by atoms with Crippen LogP contribution in [0.4, 0.5) is 0 Å². The molecule has 5 heteroatoms. The molecule has 1 atom stereocenters. The van der Waals surface area contributed by atoms with Crippen molar-refractivity contribution in [3.63, 3.8) is 0 Å². The van der Waals surface area contributed by atoms with E-state index in [0.717, 1.165) is 5.69 Å². The average Bonchev–Trinajstić information content (AvgIpc) is 2.41. The van der Waals surface area contributed by atoms with Gasteiger partial charge < -0.3 is 10.4 Å². The lowest BCUT2D eigenvalue weighted by molar-refractivity contribution is 0.0921. The SMILES string of the molecule is Cc1nn(C)c(C)c1C(=O)N[C@@H](C)CO. The lowest BCUT2D eigenvalue weighted by Crippen LogP contribution is -2.35. The van der Waals surface area contributed by atoms with E-state index < -0.39 is 0 Å². The first-order valence-corrected chi connectivity index (χ1v) is 4.89. The van der Waals surface area contributed by atoms with Crippen molar-refractivity contribution in [1.29, 1.82) is 0 Å². The van der Waals surface area contributed by atoms with Gasteiger partial charge in [-0.3, -0.25) is 9.48 Å². The second-order valence-electron chi connectivity index (χ2n) is 3.73. The van der Waals surface area contributed by atoms with Crippen LogP contribution in [0.3, 0.4) is 0 Å². The number of nitrogens with one attached hydrogen (secondary N) is 1. The van der Waals surface area contributed by atoms with E-state index in [1.807, 2.05) is 6.92 Å². The normalized spacial score (nSPS) is 12.6. The van der Waals surface area contributed by atoms with E-state index in [1.165, 1.54) is 0 Å². The maximum Gasteiger partial charge on any atom is 0.255 e. The fourth-order valence-corrected chi connectivity index (χ4v) is 1.44. The Labute approximate surface area is 89.1 Å². The maximum absolute atomic E-state index is 11.8. The summed E-state index contributed by atoms with van der Waals surface area (Å²) >= 11 is 0. The quantitative estimate of drug-likeness (QED) is 0.747. The summed E-state index contributed by atoms with van der Waals surface area (Å²) in [5.74, 6) is -0.181. The highest BCUT2D eigenvalue weighted by molar-refractivity contribution is 5.96. The molecule has 0 aliphatic rings. The van der Waals surface area contributed by atoms with Crippen LogP contribution in [0.25, 0.3) is 0 Å². The number of hydrogen-bond acceptors (Lipinski definition) is 3. The van der Waals surface area contributed by atoms with Gasteiger partial charge in [0.2, 0.25) is 0 Å². The molecule has 84 valence electrons. The monoisotopic (exact) mass is 211 g/mol. The topological polar surface area (TPSA) is 67.2 Å². The molecule has 5 nitrogen and oxygen atoms in total. The summed E-state index contributed by atoms with van der Waals surface area (Å²) in [5, 5.41) is 15.7. The largest absolute Gasteiger partial charge is 0.394 e. The lowest BCUT2D eigenvalue weighted by Gasteiger charge is -2.10. The number of carbonyl (C=O) groups is 1. The zero-order valence-corrected chi connectivity index (χ0v) is 9.53. The first kappa shape index (κ1) is 11.7. The van der Waals surface area contributed by atoms with Crippen molar-refractivity contribution in [2.45, 2.75) is 26.8 Å². The molecule has 1 amide bonds. The number of aliphatic hydroxyl groups is 1. The Bertz CT molecular complexity index is 371. The van der Waals surface area contributed by atoms with E-state index in [-0.39, 0.29) is 18.6 Å². The number of aromatic nitrogens is 2. The fraction of sp³-hybridized carbons (Fsp3) is 0.600. The number of nitrogens with zero attached hydrogens (tertiary/aromatic N) is 2. The zero-order valence-electron chi connectivity index (χ0n) is 9.53. The molecule has 0 bridgehead atoms. The Morgan fingerprint density at radius 3 is 2.60 bits per heavy atom. The van der Waals surface area contributed by atoms with Gasteiger partial charge in [-0.1, -0.05) is 0 Å². The first-order chi connectivity index (χ1) is 6.97. The van der Waals surface area contributed by atoms with E-state index in [1.54, 1.807) is 25.6 Å². The molecule has 1 aromatic heterocycles. The Kier molecular flexibility index (Phi) is 3.47. The van der Waals surface area contributed by atoms with Crippen molar-refractivity contribution in [3.8, 4) is 0 Å². The third kappa shape index (κ3) is 2.36. The van der Waals surface area contributed by atoms with Gasteiger partial charge in [0.15, 0.2) is 0 Å². The van der Waals surface area contributed by atoms with Crippen LogP contribution in [0, 0.1) is 13.8 Å². The minimum atomic E-state index is -0.239. The molecule has 0 saturated heterocycles. The number of aryl methyl sites for hydroxylation is 2. The zero-order chi connectivity index (χ0) is 11.6. The van der Waals surface area contributed by atoms with Gasteiger partial charge in [0, 0.05) is 18.8 Å². The van der Waals surface area contributed by atoms with E-state index in [2.05, 4.69) is 10.4 Å². The molecule has 0 aliphatic heterocycles. The molecule has 1 heterocycles. The van der Waals surface area contributed by atoms with Crippen LogP contribution in [0.5, 0.6) is 0 Å². The van der Waals surface area contributed by atoms with Crippen molar-refractivity contribution >= 4 is 5.91 Å². The highest BCUT2D eigenvalue weighted by atomic mass is 16.3. The van der Waals surface area contributed by atoms with Gasteiger partial charge in [-0.15, -0.1) is 0 Å². The molecule has 0 spiro atoms. The van der Waals surface area contributed by atoms with Gasteiger partial charge in [-0.25, -0.2) is 0 Å². The third-order valence-electron chi connectivity index (χ3n) is 2.39. The van der Waals surface area contributed by atoms with Crippen LogP contribution < -0.4 is 5.32 Å². The smallest absolute Gasteiger partial charge is 0.255 e. The van der Waals surface area contributed by atoms with Crippen LogP contribution in [0.15, 0.2) is 0 Å².